The van der Waals surface area contributed by atoms with Crippen LogP contribution in [-0.2, 0) is 11.4 Å². The Morgan fingerprint density at radius 3 is 2.70 bits per heavy atom. The van der Waals surface area contributed by atoms with Crippen LogP contribution in [0, 0.1) is 23.6 Å². The van der Waals surface area contributed by atoms with Gasteiger partial charge in [-0.25, -0.2) is 18.5 Å². The van der Waals surface area contributed by atoms with Crippen molar-refractivity contribution in [2.75, 3.05) is 5.32 Å². The fourth-order valence-corrected chi connectivity index (χ4v) is 2.84. The Morgan fingerprint density at radius 2 is 2.13 bits per heavy atom. The number of nitrogens with one attached hydrogen (secondary N) is 2. The van der Waals surface area contributed by atoms with Crippen LogP contribution < -0.4 is 10.6 Å². The molecule has 1 aromatic carbocycles. The van der Waals surface area contributed by atoms with Crippen LogP contribution in [0.3, 0.4) is 0 Å². The molecule has 3 rings (SSSR count). The molecule has 0 spiro atoms. The van der Waals surface area contributed by atoms with E-state index in [0.29, 0.717) is 6.92 Å². The first-order chi connectivity index (χ1) is 10.8. The molecule has 1 aliphatic carbocycles. The molecule has 23 heavy (non-hydrogen) atoms. The zero-order valence-electron chi connectivity index (χ0n) is 12.4. The third kappa shape index (κ3) is 2.89. The third-order valence-corrected chi connectivity index (χ3v) is 4.37. The number of hydrogen-bond donors (Lipinski definition) is 3. The van der Waals surface area contributed by atoms with Gasteiger partial charge >= 0.3 is 0 Å². The Bertz CT molecular complexity index is 691. The van der Waals surface area contributed by atoms with Gasteiger partial charge in [0.2, 0.25) is 0 Å². The van der Waals surface area contributed by atoms with Gasteiger partial charge < -0.3 is 10.4 Å². The number of hydrogen-bond acceptors (Lipinski definition) is 3. The molecule has 3 nitrogen and oxygen atoms in total. The van der Waals surface area contributed by atoms with E-state index in [2.05, 4.69) is 22.5 Å². The SMILES string of the molecule is CC(F)(F)C1(C#CC2CC2)NC(O)Nc2cc(CCl)c(F)cc21. The zero-order chi connectivity index (χ0) is 16.8. The second-order valence-corrected chi connectivity index (χ2v) is 6.26. The fourth-order valence-electron chi connectivity index (χ4n) is 2.63. The molecule has 0 radical (unpaired) electrons. The molecule has 124 valence electrons. The molecule has 1 fully saturated rings. The normalized spacial score (nSPS) is 26.8. The minimum atomic E-state index is -3.35. The summed E-state index contributed by atoms with van der Waals surface area (Å²) in [6, 6.07) is 2.35. The molecule has 2 unspecified atom stereocenters. The van der Waals surface area contributed by atoms with E-state index in [-0.39, 0.29) is 28.6 Å². The molecule has 3 N–H and O–H groups in total. The number of fused-ring (bicyclic) bond motifs is 1. The monoisotopic (exact) mass is 344 g/mol. The van der Waals surface area contributed by atoms with Gasteiger partial charge in [0.1, 0.15) is 5.82 Å². The largest absolute Gasteiger partial charge is 0.361 e. The lowest BCUT2D eigenvalue weighted by Crippen LogP contribution is -2.62. The average molecular weight is 345 g/mol. The van der Waals surface area contributed by atoms with Crippen molar-refractivity contribution in [3.05, 3.63) is 29.1 Å². The topological polar surface area (TPSA) is 44.3 Å². The second kappa shape index (κ2) is 5.59. The van der Waals surface area contributed by atoms with E-state index < -0.39 is 23.6 Å². The Labute approximate surface area is 137 Å². The molecule has 0 bridgehead atoms. The van der Waals surface area contributed by atoms with Crippen LogP contribution in [-0.4, -0.2) is 17.4 Å². The minimum absolute atomic E-state index is 0.0326. The molecule has 1 saturated carbocycles. The summed E-state index contributed by atoms with van der Waals surface area (Å²) in [5.74, 6) is 1.33. The lowest BCUT2D eigenvalue weighted by Gasteiger charge is -2.42. The number of aliphatic hydroxyl groups excluding tert-OH is 1. The highest BCUT2D eigenvalue weighted by Gasteiger charge is 2.55. The summed E-state index contributed by atoms with van der Waals surface area (Å²) in [5.41, 5.74) is -1.84. The summed E-state index contributed by atoms with van der Waals surface area (Å²) in [6.07, 6.45) is 0.299. The van der Waals surface area contributed by atoms with Gasteiger partial charge in [-0.3, -0.25) is 0 Å². The summed E-state index contributed by atoms with van der Waals surface area (Å²) in [4.78, 5) is 0. The van der Waals surface area contributed by atoms with Gasteiger partial charge in [-0.15, -0.1) is 11.6 Å². The molecule has 0 aromatic heterocycles. The highest BCUT2D eigenvalue weighted by molar-refractivity contribution is 6.17. The highest BCUT2D eigenvalue weighted by atomic mass is 35.5. The maximum atomic E-state index is 14.4. The van der Waals surface area contributed by atoms with E-state index in [1.165, 1.54) is 6.07 Å². The second-order valence-electron chi connectivity index (χ2n) is 6.00. The predicted molar refractivity (Wildman–Crippen MR) is 81.5 cm³/mol. The molecular weight excluding hydrogens is 329 g/mol. The summed E-state index contributed by atoms with van der Waals surface area (Å²) in [7, 11) is 0. The summed E-state index contributed by atoms with van der Waals surface area (Å²) in [6.45, 7) is 0.705. The van der Waals surface area contributed by atoms with Crippen molar-refractivity contribution in [1.82, 2.24) is 5.32 Å². The number of anilines is 1. The van der Waals surface area contributed by atoms with Gasteiger partial charge in [0, 0.05) is 29.7 Å². The molecule has 0 amide bonds. The van der Waals surface area contributed by atoms with Crippen LogP contribution in [0.5, 0.6) is 0 Å². The van der Waals surface area contributed by atoms with Crippen molar-refractivity contribution in [2.45, 2.75) is 43.5 Å². The number of benzene rings is 1. The van der Waals surface area contributed by atoms with Gasteiger partial charge in [-0.05, 0) is 25.0 Å². The number of alkyl halides is 3. The Kier molecular flexibility index (Phi) is 3.99. The van der Waals surface area contributed by atoms with Crippen LogP contribution in [0.2, 0.25) is 0 Å². The van der Waals surface area contributed by atoms with E-state index in [4.69, 9.17) is 11.6 Å². The molecular formula is C16H16ClF3N2O. The van der Waals surface area contributed by atoms with Crippen LogP contribution >= 0.6 is 11.6 Å². The molecule has 2 atom stereocenters. The standard InChI is InChI=1S/C16H16ClF3N2O/c1-15(19,20)16(5-4-9-2-3-9)11-7-12(18)10(8-17)6-13(11)21-14(23)22-16/h6-7,9,14,21-23H,2-3,8H2,1H3. The van der Waals surface area contributed by atoms with Crippen molar-refractivity contribution >= 4 is 17.3 Å². The Morgan fingerprint density at radius 1 is 1.43 bits per heavy atom. The maximum absolute atomic E-state index is 14.4. The van der Waals surface area contributed by atoms with E-state index in [0.717, 1.165) is 18.9 Å². The van der Waals surface area contributed by atoms with Crippen LogP contribution in [0.25, 0.3) is 0 Å². The first kappa shape index (κ1) is 16.4. The Hall–Kier alpha value is -1.42. The lowest BCUT2D eigenvalue weighted by atomic mass is 9.81. The van der Waals surface area contributed by atoms with Crippen molar-refractivity contribution in [3.8, 4) is 11.8 Å². The minimum Gasteiger partial charge on any atom is -0.361 e. The molecule has 1 aromatic rings. The summed E-state index contributed by atoms with van der Waals surface area (Å²) >= 11 is 5.66. The van der Waals surface area contributed by atoms with E-state index in [9.17, 15) is 18.3 Å². The van der Waals surface area contributed by atoms with Crippen molar-refractivity contribution in [1.29, 1.82) is 0 Å². The number of halogens is 4. The third-order valence-electron chi connectivity index (χ3n) is 4.08. The first-order valence-corrected chi connectivity index (χ1v) is 7.82. The van der Waals surface area contributed by atoms with Gasteiger partial charge in [-0.1, -0.05) is 11.8 Å². The van der Waals surface area contributed by atoms with Gasteiger partial charge in [0.15, 0.2) is 11.9 Å². The van der Waals surface area contributed by atoms with Crippen molar-refractivity contribution in [2.24, 2.45) is 5.92 Å². The zero-order valence-corrected chi connectivity index (χ0v) is 13.1. The molecule has 7 heteroatoms. The van der Waals surface area contributed by atoms with Gasteiger partial charge in [0.25, 0.3) is 5.92 Å². The van der Waals surface area contributed by atoms with Crippen molar-refractivity contribution < 1.29 is 18.3 Å². The van der Waals surface area contributed by atoms with Crippen LogP contribution in [0.15, 0.2) is 12.1 Å². The average Bonchev–Trinajstić information content (AvgIpc) is 3.27. The lowest BCUT2D eigenvalue weighted by molar-refractivity contribution is -0.0719. The van der Waals surface area contributed by atoms with Crippen molar-refractivity contribution in [3.63, 3.8) is 0 Å². The maximum Gasteiger partial charge on any atom is 0.278 e. The fraction of sp³-hybridized carbons (Fsp3) is 0.500. The van der Waals surface area contributed by atoms with E-state index >= 15 is 0 Å². The number of aliphatic hydroxyl groups is 1. The van der Waals surface area contributed by atoms with Gasteiger partial charge in [0.05, 0.1) is 5.88 Å². The van der Waals surface area contributed by atoms with E-state index in [1.54, 1.807) is 0 Å². The summed E-state index contributed by atoms with van der Waals surface area (Å²) < 4.78 is 43.0. The molecule has 1 heterocycles. The van der Waals surface area contributed by atoms with Crippen LogP contribution in [0.1, 0.15) is 30.9 Å². The van der Waals surface area contributed by atoms with Gasteiger partial charge in [-0.2, -0.15) is 0 Å². The first-order valence-electron chi connectivity index (χ1n) is 7.28. The molecule has 0 saturated heterocycles. The highest BCUT2D eigenvalue weighted by Crippen LogP contribution is 2.44. The van der Waals surface area contributed by atoms with Crippen LogP contribution in [0.4, 0.5) is 18.9 Å². The van der Waals surface area contributed by atoms with E-state index in [1.807, 2.05) is 0 Å². The molecule has 1 aliphatic heterocycles. The predicted octanol–water partition coefficient (Wildman–Crippen LogP) is 3.12. The molecule has 2 aliphatic rings. The Balaban J connectivity index is 2.21. The quantitative estimate of drug-likeness (QED) is 0.570. The smallest absolute Gasteiger partial charge is 0.278 e. The summed E-state index contributed by atoms with van der Waals surface area (Å²) in [5, 5.41) is 14.9. The number of rotatable bonds is 2.